The Balaban J connectivity index is 2.13. The van der Waals surface area contributed by atoms with Gasteiger partial charge in [-0.1, -0.05) is 61.3 Å². The zero-order chi connectivity index (χ0) is 16.2. The van der Waals surface area contributed by atoms with Gasteiger partial charge in [0.2, 0.25) is 0 Å². The third-order valence-electron chi connectivity index (χ3n) is 3.96. The molecule has 1 N–H and O–H groups in total. The van der Waals surface area contributed by atoms with Crippen molar-refractivity contribution < 1.29 is 5.21 Å². The lowest BCUT2D eigenvalue weighted by atomic mass is 10.1. The fourth-order valence-electron chi connectivity index (χ4n) is 2.81. The van der Waals surface area contributed by atoms with Gasteiger partial charge in [0.25, 0.3) is 0 Å². The van der Waals surface area contributed by atoms with E-state index in [1.807, 2.05) is 60.3 Å². The molecule has 3 aromatic rings. The zero-order valence-electron chi connectivity index (χ0n) is 13.1. The summed E-state index contributed by atoms with van der Waals surface area (Å²) in [7, 11) is 0. The van der Waals surface area contributed by atoms with Crippen molar-refractivity contribution in [3.05, 3.63) is 59.1 Å². The number of fused-ring (bicyclic) bond motifs is 1. The van der Waals surface area contributed by atoms with E-state index in [-0.39, 0.29) is 0 Å². The number of thioether (sulfide) groups is 1. The van der Waals surface area contributed by atoms with Crippen LogP contribution in [0, 0.1) is 0 Å². The molecule has 120 valence electrons. The first kappa shape index (κ1) is 16.3. The van der Waals surface area contributed by atoms with Crippen molar-refractivity contribution in [3.8, 4) is 11.3 Å². The van der Waals surface area contributed by atoms with Crippen LogP contribution in [-0.2, 0) is 5.75 Å². The maximum absolute atomic E-state index is 10.7. The third-order valence-corrected chi connectivity index (χ3v) is 5.34. The van der Waals surface area contributed by atoms with E-state index in [1.54, 1.807) is 0 Å². The van der Waals surface area contributed by atoms with Crippen molar-refractivity contribution in [2.75, 3.05) is 5.75 Å². The van der Waals surface area contributed by atoms with Gasteiger partial charge in [-0.25, -0.2) is 0 Å². The summed E-state index contributed by atoms with van der Waals surface area (Å²) >= 11 is 8.33. The number of halogens is 1. The van der Waals surface area contributed by atoms with E-state index in [0.717, 1.165) is 39.2 Å². The predicted molar refractivity (Wildman–Crippen MR) is 101 cm³/mol. The van der Waals surface area contributed by atoms with Gasteiger partial charge >= 0.3 is 0 Å². The van der Waals surface area contributed by atoms with Crippen LogP contribution in [0.4, 0.5) is 0 Å². The first-order valence-electron chi connectivity index (χ1n) is 7.88. The van der Waals surface area contributed by atoms with Crippen molar-refractivity contribution in [1.29, 1.82) is 0 Å². The summed E-state index contributed by atoms with van der Waals surface area (Å²) in [5.74, 6) is 1.96. The Morgan fingerprint density at radius 3 is 2.61 bits per heavy atom. The number of hydrogen-bond donors (Lipinski definition) is 1. The molecule has 2 aromatic carbocycles. The predicted octanol–water partition coefficient (Wildman–Crippen LogP) is 6.23. The van der Waals surface area contributed by atoms with E-state index in [1.165, 1.54) is 17.6 Å². The highest BCUT2D eigenvalue weighted by Crippen LogP contribution is 2.38. The van der Waals surface area contributed by atoms with Crippen LogP contribution in [0.1, 0.15) is 25.3 Å². The van der Waals surface area contributed by atoms with Gasteiger partial charge in [-0.15, -0.1) is 0 Å². The normalized spacial score (nSPS) is 11.2. The number of hydrogen-bond acceptors (Lipinski definition) is 2. The molecule has 1 aromatic heterocycles. The van der Waals surface area contributed by atoms with Crippen LogP contribution in [0.3, 0.4) is 0 Å². The molecular formula is C19H20ClNOS. The van der Waals surface area contributed by atoms with Crippen LogP contribution in [0.25, 0.3) is 22.2 Å². The van der Waals surface area contributed by atoms with Crippen LogP contribution in [0.2, 0.25) is 5.02 Å². The molecule has 0 aliphatic heterocycles. The Morgan fingerprint density at radius 1 is 1.09 bits per heavy atom. The molecule has 0 fully saturated rings. The highest BCUT2D eigenvalue weighted by molar-refractivity contribution is 7.98. The molecule has 0 atom stereocenters. The second-order valence-electron chi connectivity index (χ2n) is 5.55. The minimum atomic E-state index is 0.693. The Bertz CT molecular complexity index is 798. The third kappa shape index (κ3) is 3.22. The van der Waals surface area contributed by atoms with Gasteiger partial charge in [-0.05, 0) is 24.3 Å². The number of benzene rings is 2. The zero-order valence-corrected chi connectivity index (χ0v) is 14.7. The lowest BCUT2D eigenvalue weighted by Gasteiger charge is -2.07. The summed E-state index contributed by atoms with van der Waals surface area (Å²) in [6, 6.07) is 15.7. The summed E-state index contributed by atoms with van der Waals surface area (Å²) in [6.45, 7) is 2.20. The summed E-state index contributed by atoms with van der Waals surface area (Å²) in [6.07, 6.45) is 2.40. The van der Waals surface area contributed by atoms with E-state index < -0.39 is 0 Å². The maximum Gasteiger partial charge on any atom is 0.0919 e. The lowest BCUT2D eigenvalue weighted by Crippen LogP contribution is -1.95. The van der Waals surface area contributed by atoms with Crippen LogP contribution < -0.4 is 0 Å². The SMILES string of the molecule is CCCCSCc1c(-c2ccccc2)n(O)c2cccc(Cl)c12. The molecule has 0 aliphatic rings. The Kier molecular flexibility index (Phi) is 5.19. The highest BCUT2D eigenvalue weighted by atomic mass is 35.5. The van der Waals surface area contributed by atoms with E-state index in [4.69, 9.17) is 11.6 Å². The molecule has 0 bridgehead atoms. The first-order valence-corrected chi connectivity index (χ1v) is 9.41. The molecule has 0 spiro atoms. The summed E-state index contributed by atoms with van der Waals surface area (Å²) in [5.41, 5.74) is 3.73. The second kappa shape index (κ2) is 7.33. The Labute approximate surface area is 146 Å². The maximum atomic E-state index is 10.7. The van der Waals surface area contributed by atoms with Crippen molar-refractivity contribution in [1.82, 2.24) is 4.73 Å². The van der Waals surface area contributed by atoms with E-state index in [0.29, 0.717) is 5.02 Å². The molecule has 4 heteroatoms. The van der Waals surface area contributed by atoms with Gasteiger partial charge in [0.05, 0.1) is 16.2 Å². The molecule has 0 aliphatic carbocycles. The summed E-state index contributed by atoms with van der Waals surface area (Å²) in [5, 5.41) is 12.4. The van der Waals surface area contributed by atoms with E-state index in [2.05, 4.69) is 6.92 Å². The molecule has 2 nitrogen and oxygen atoms in total. The Morgan fingerprint density at radius 2 is 1.87 bits per heavy atom. The minimum Gasteiger partial charge on any atom is -0.428 e. The number of aromatic nitrogens is 1. The van der Waals surface area contributed by atoms with Crippen molar-refractivity contribution in [2.24, 2.45) is 0 Å². The molecule has 0 unspecified atom stereocenters. The van der Waals surface area contributed by atoms with Crippen LogP contribution in [-0.4, -0.2) is 15.7 Å². The average molecular weight is 346 g/mol. The smallest absolute Gasteiger partial charge is 0.0919 e. The first-order chi connectivity index (χ1) is 11.2. The van der Waals surface area contributed by atoms with Crippen LogP contribution in [0.5, 0.6) is 0 Å². The van der Waals surface area contributed by atoms with Crippen molar-refractivity contribution in [3.63, 3.8) is 0 Å². The second-order valence-corrected chi connectivity index (χ2v) is 7.06. The molecule has 0 saturated carbocycles. The minimum absolute atomic E-state index is 0.693. The van der Waals surface area contributed by atoms with Crippen LogP contribution >= 0.6 is 23.4 Å². The van der Waals surface area contributed by atoms with Gasteiger partial charge in [0.15, 0.2) is 0 Å². The molecular weight excluding hydrogens is 326 g/mol. The van der Waals surface area contributed by atoms with Gasteiger partial charge in [0.1, 0.15) is 0 Å². The average Bonchev–Trinajstić information content (AvgIpc) is 2.86. The number of nitrogens with zero attached hydrogens (tertiary/aromatic N) is 1. The molecule has 3 rings (SSSR count). The van der Waals surface area contributed by atoms with Crippen molar-refractivity contribution in [2.45, 2.75) is 25.5 Å². The summed E-state index contributed by atoms with van der Waals surface area (Å²) in [4.78, 5) is 0. The molecule has 23 heavy (non-hydrogen) atoms. The quantitative estimate of drug-likeness (QED) is 0.423. The molecule has 1 heterocycles. The number of unbranched alkanes of at least 4 members (excludes halogenated alkanes) is 1. The van der Waals surface area contributed by atoms with Crippen LogP contribution in [0.15, 0.2) is 48.5 Å². The highest BCUT2D eigenvalue weighted by Gasteiger charge is 2.20. The van der Waals surface area contributed by atoms with E-state index >= 15 is 0 Å². The molecule has 0 amide bonds. The standard InChI is InChI=1S/C19H20ClNOS/c1-2-3-12-23-13-15-18-16(20)10-7-11-17(18)21(22)19(15)14-8-5-4-6-9-14/h4-11,22H,2-3,12-13H2,1H3. The molecule has 0 saturated heterocycles. The van der Waals surface area contributed by atoms with E-state index in [9.17, 15) is 5.21 Å². The topological polar surface area (TPSA) is 25.2 Å². The lowest BCUT2D eigenvalue weighted by molar-refractivity contribution is 0.204. The summed E-state index contributed by atoms with van der Waals surface area (Å²) < 4.78 is 1.28. The molecule has 0 radical (unpaired) electrons. The largest absolute Gasteiger partial charge is 0.428 e. The monoisotopic (exact) mass is 345 g/mol. The fraction of sp³-hybridized carbons (Fsp3) is 0.263. The van der Waals surface area contributed by atoms with Gasteiger partial charge in [-0.2, -0.15) is 16.5 Å². The van der Waals surface area contributed by atoms with Gasteiger partial charge < -0.3 is 5.21 Å². The fourth-order valence-corrected chi connectivity index (χ4v) is 4.21. The van der Waals surface area contributed by atoms with Crippen molar-refractivity contribution >= 4 is 34.3 Å². The van der Waals surface area contributed by atoms with Gasteiger partial charge in [0, 0.05) is 22.3 Å². The number of rotatable bonds is 6. The van der Waals surface area contributed by atoms with Gasteiger partial charge in [-0.3, -0.25) is 0 Å². The Hall–Kier alpha value is -1.58.